The third-order valence-corrected chi connectivity index (χ3v) is 3.17. The van der Waals surface area contributed by atoms with Crippen molar-refractivity contribution in [3.63, 3.8) is 0 Å². The average Bonchev–Trinajstić information content (AvgIpc) is 2.62. The lowest BCUT2D eigenvalue weighted by atomic mass is 9.80. The minimum atomic E-state index is -3.26. The Hall–Kier alpha value is -2.04. The Morgan fingerprint density at radius 3 is 2.26 bits per heavy atom. The van der Waals surface area contributed by atoms with E-state index in [1.165, 1.54) is 13.8 Å². The summed E-state index contributed by atoms with van der Waals surface area (Å²) in [7, 11) is 0. The topological polar surface area (TPSA) is 61.8 Å². The molecule has 0 spiro atoms. The Balaban J connectivity index is 3.19. The second-order valence-electron chi connectivity index (χ2n) is 4.74. The molecule has 23 heavy (non-hydrogen) atoms. The first-order valence-electron chi connectivity index (χ1n) is 10.1. The summed E-state index contributed by atoms with van der Waals surface area (Å²) in [5.74, 6) is -1.96. The lowest BCUT2D eigenvalue weighted by Crippen LogP contribution is -2.42. The molecule has 0 saturated carbocycles. The lowest BCUT2D eigenvalue weighted by Gasteiger charge is -2.27. The van der Waals surface area contributed by atoms with Gasteiger partial charge in [0.15, 0.2) is 5.41 Å². The number of hydrogen-bond donors (Lipinski definition) is 0. The van der Waals surface area contributed by atoms with Gasteiger partial charge in [0.2, 0.25) is 0 Å². The molecule has 0 aromatic heterocycles. The van der Waals surface area contributed by atoms with Gasteiger partial charge >= 0.3 is 11.9 Å². The largest absolute Gasteiger partial charge is 0.494 e. The molecule has 0 atom stereocenters. The zero-order valence-corrected chi connectivity index (χ0v) is 13.5. The zero-order chi connectivity index (χ0) is 21.4. The monoisotopic (exact) mass is 327 g/mol. The molecule has 1 aromatic rings. The number of carbonyl (C=O) groups excluding carboxylic acids is 2. The van der Waals surface area contributed by atoms with Gasteiger partial charge in [0, 0.05) is 6.85 Å². The molecule has 1 rings (SSSR count). The molecule has 0 heterocycles. The minimum absolute atomic E-state index is 0.0299. The Bertz CT molecular complexity index is 628. The third kappa shape index (κ3) is 5.27. The normalized spacial score (nSPS) is 15.3. The summed E-state index contributed by atoms with van der Waals surface area (Å²) in [6.07, 6.45) is -3.61. The van der Waals surface area contributed by atoms with Gasteiger partial charge in [-0.2, -0.15) is 0 Å². The fraction of sp³-hybridized carbons (Fsp3) is 0.556. The molecule has 128 valence electrons. The molecule has 0 aliphatic rings. The van der Waals surface area contributed by atoms with Crippen molar-refractivity contribution in [2.45, 2.75) is 39.9 Å². The van der Waals surface area contributed by atoms with Gasteiger partial charge in [-0.3, -0.25) is 9.59 Å². The Labute approximate surface area is 144 Å². The van der Waals surface area contributed by atoms with E-state index < -0.39 is 37.0 Å². The standard InChI is InChI=1S/C18H26O5/c1-4-18(16(19)21-5-2,17(20)22-6-3)13-10-14-23-15-11-8-7-9-12-15/h7-9,11-12H,4-6,10,13-14H2,1-3H3/i1D3,4D2. The van der Waals surface area contributed by atoms with E-state index in [0.29, 0.717) is 5.75 Å². The number of rotatable bonds is 10. The van der Waals surface area contributed by atoms with E-state index in [9.17, 15) is 9.59 Å². The highest BCUT2D eigenvalue weighted by Crippen LogP contribution is 2.32. The first kappa shape index (κ1) is 12.4. The number of para-hydroxylation sites is 1. The Kier molecular flexibility index (Phi) is 5.32. The van der Waals surface area contributed by atoms with Gasteiger partial charge in [-0.15, -0.1) is 0 Å². The third-order valence-electron chi connectivity index (χ3n) is 3.17. The molecule has 0 aliphatic carbocycles. The van der Waals surface area contributed by atoms with Crippen LogP contribution in [0.2, 0.25) is 0 Å². The molecule has 0 saturated heterocycles. The highest BCUT2D eigenvalue weighted by molar-refractivity contribution is 6.00. The Morgan fingerprint density at radius 1 is 1.13 bits per heavy atom. The predicted octanol–water partition coefficient (Wildman–Crippen LogP) is 3.37. The maximum absolute atomic E-state index is 12.7. The van der Waals surface area contributed by atoms with Gasteiger partial charge in [-0.25, -0.2) is 0 Å². The van der Waals surface area contributed by atoms with Crippen LogP contribution < -0.4 is 4.74 Å². The summed E-state index contributed by atoms with van der Waals surface area (Å²) >= 11 is 0. The maximum atomic E-state index is 12.7. The van der Waals surface area contributed by atoms with Gasteiger partial charge < -0.3 is 14.2 Å². The number of hydrogen-bond acceptors (Lipinski definition) is 5. The zero-order valence-electron chi connectivity index (χ0n) is 18.5. The predicted molar refractivity (Wildman–Crippen MR) is 87.2 cm³/mol. The molecule has 0 aliphatic heterocycles. The van der Waals surface area contributed by atoms with E-state index in [-0.39, 0.29) is 26.2 Å². The smallest absolute Gasteiger partial charge is 0.323 e. The fourth-order valence-electron chi connectivity index (χ4n) is 2.00. The Morgan fingerprint density at radius 2 is 1.74 bits per heavy atom. The number of benzene rings is 1. The van der Waals surface area contributed by atoms with Crippen LogP contribution >= 0.6 is 0 Å². The molecule has 0 fully saturated rings. The van der Waals surface area contributed by atoms with Crippen molar-refractivity contribution in [2.75, 3.05) is 19.8 Å². The van der Waals surface area contributed by atoms with Crippen LogP contribution in [0, 0.1) is 5.41 Å². The summed E-state index contributed by atoms with van der Waals surface area (Å²) in [6, 6.07) is 8.77. The molecular formula is C18H26O5. The van der Waals surface area contributed by atoms with E-state index in [0.717, 1.165) is 0 Å². The van der Waals surface area contributed by atoms with Crippen LogP contribution in [0.15, 0.2) is 30.3 Å². The highest BCUT2D eigenvalue weighted by atomic mass is 16.6. The van der Waals surface area contributed by atoms with Gasteiger partial charge in [0.25, 0.3) is 0 Å². The van der Waals surface area contributed by atoms with Gasteiger partial charge in [0.05, 0.1) is 19.8 Å². The van der Waals surface area contributed by atoms with Crippen molar-refractivity contribution >= 4 is 11.9 Å². The van der Waals surface area contributed by atoms with Crippen molar-refractivity contribution in [3.8, 4) is 5.75 Å². The van der Waals surface area contributed by atoms with Crippen LogP contribution in [-0.2, 0) is 19.1 Å². The van der Waals surface area contributed by atoms with E-state index in [1.54, 1.807) is 24.3 Å². The molecule has 0 amide bonds. The second-order valence-corrected chi connectivity index (χ2v) is 4.74. The summed E-state index contributed by atoms with van der Waals surface area (Å²) in [6.45, 7) is -0.530. The quantitative estimate of drug-likeness (QED) is 0.374. The van der Waals surface area contributed by atoms with Crippen LogP contribution in [0.25, 0.3) is 0 Å². The number of esters is 2. The van der Waals surface area contributed by atoms with Crippen molar-refractivity contribution in [1.29, 1.82) is 0 Å². The van der Waals surface area contributed by atoms with E-state index in [2.05, 4.69) is 0 Å². The van der Waals surface area contributed by atoms with Crippen molar-refractivity contribution in [3.05, 3.63) is 30.3 Å². The molecule has 1 aromatic carbocycles. The van der Waals surface area contributed by atoms with Crippen LogP contribution in [0.5, 0.6) is 5.75 Å². The van der Waals surface area contributed by atoms with Crippen molar-refractivity contribution in [2.24, 2.45) is 5.41 Å². The number of carbonyl (C=O) groups is 2. The maximum Gasteiger partial charge on any atom is 0.323 e. The van der Waals surface area contributed by atoms with Crippen LogP contribution in [0.1, 0.15) is 46.8 Å². The fourth-order valence-corrected chi connectivity index (χ4v) is 2.00. The van der Waals surface area contributed by atoms with Crippen LogP contribution in [0.3, 0.4) is 0 Å². The van der Waals surface area contributed by atoms with Gasteiger partial charge in [-0.1, -0.05) is 25.1 Å². The molecule has 0 N–H and O–H groups in total. The molecular weight excluding hydrogens is 296 g/mol. The van der Waals surface area contributed by atoms with Crippen LogP contribution in [-0.4, -0.2) is 31.8 Å². The van der Waals surface area contributed by atoms with E-state index in [4.69, 9.17) is 21.1 Å². The van der Waals surface area contributed by atoms with Crippen molar-refractivity contribution in [1.82, 2.24) is 0 Å². The molecule has 0 unspecified atom stereocenters. The van der Waals surface area contributed by atoms with E-state index in [1.807, 2.05) is 6.07 Å². The highest BCUT2D eigenvalue weighted by Gasteiger charge is 2.46. The molecule has 5 heteroatoms. The summed E-state index contributed by atoms with van der Waals surface area (Å²) in [4.78, 5) is 25.4. The van der Waals surface area contributed by atoms with Crippen LogP contribution in [0.4, 0.5) is 0 Å². The van der Waals surface area contributed by atoms with E-state index >= 15 is 0 Å². The first-order valence-corrected chi connectivity index (χ1v) is 7.57. The lowest BCUT2D eigenvalue weighted by molar-refractivity contribution is -0.173. The average molecular weight is 327 g/mol. The summed E-state index contributed by atoms with van der Waals surface area (Å²) in [5.41, 5.74) is -2.63. The summed E-state index contributed by atoms with van der Waals surface area (Å²) < 4.78 is 54.3. The summed E-state index contributed by atoms with van der Waals surface area (Å²) in [5, 5.41) is 0. The second kappa shape index (κ2) is 9.87. The van der Waals surface area contributed by atoms with Crippen molar-refractivity contribution < 1.29 is 30.7 Å². The molecule has 0 radical (unpaired) electrons. The van der Waals surface area contributed by atoms with Gasteiger partial charge in [-0.05, 0) is 45.2 Å². The first-order chi connectivity index (χ1) is 13.0. The molecule has 0 bridgehead atoms. The number of ether oxygens (including phenoxy) is 3. The minimum Gasteiger partial charge on any atom is -0.494 e. The van der Waals surface area contributed by atoms with Gasteiger partial charge in [0.1, 0.15) is 5.75 Å². The SMILES string of the molecule is [2H]C([2H])([2H])C([2H])([2H])C(CCCOc1ccccc1)(C(=O)OCC)C(=O)OCC. The molecule has 5 nitrogen and oxygen atoms in total.